The summed E-state index contributed by atoms with van der Waals surface area (Å²) in [4.78, 5) is 12.4. The molecule has 0 aliphatic heterocycles. The van der Waals surface area contributed by atoms with Gasteiger partial charge in [0.15, 0.2) is 5.69 Å². The fraction of sp³-hybridized carbons (Fsp3) is 0.211. The van der Waals surface area contributed by atoms with Crippen LogP contribution in [0.15, 0.2) is 53.1 Å². The molecule has 0 bridgehead atoms. The molecule has 3 aromatic rings. The summed E-state index contributed by atoms with van der Waals surface area (Å²) in [6.07, 6.45) is 2.46. The lowest BCUT2D eigenvalue weighted by Crippen LogP contribution is -2.16. The molecule has 128 valence electrons. The van der Waals surface area contributed by atoms with Crippen LogP contribution in [-0.4, -0.2) is 16.1 Å². The van der Waals surface area contributed by atoms with E-state index in [0.29, 0.717) is 12.4 Å². The zero-order chi connectivity index (χ0) is 17.6. The molecular weight excluding hydrogens is 316 g/mol. The van der Waals surface area contributed by atoms with Gasteiger partial charge in [0.1, 0.15) is 11.6 Å². The number of benzene rings is 1. The number of amides is 1. The van der Waals surface area contributed by atoms with E-state index in [4.69, 9.17) is 4.42 Å². The molecule has 3 rings (SSSR count). The van der Waals surface area contributed by atoms with Crippen LogP contribution in [0.25, 0.3) is 0 Å². The quantitative estimate of drug-likeness (QED) is 0.715. The van der Waals surface area contributed by atoms with Crippen molar-refractivity contribution in [1.82, 2.24) is 10.2 Å². The molecule has 2 N–H and O–H groups in total. The Balaban J connectivity index is 1.67. The van der Waals surface area contributed by atoms with E-state index in [-0.39, 0.29) is 11.6 Å². The minimum Gasteiger partial charge on any atom is -0.467 e. The normalized spacial score (nSPS) is 10.5. The SMILES string of the molecule is CCc1cccc(C)c1NC(=O)c1ccc(NCc2ccco2)nn1. The molecule has 6 heteroatoms. The number of anilines is 2. The van der Waals surface area contributed by atoms with Crippen molar-refractivity contribution < 1.29 is 9.21 Å². The number of rotatable bonds is 6. The number of hydrogen-bond donors (Lipinski definition) is 2. The van der Waals surface area contributed by atoms with Crippen molar-refractivity contribution in [3.05, 3.63) is 71.3 Å². The van der Waals surface area contributed by atoms with Crippen LogP contribution in [0.4, 0.5) is 11.5 Å². The van der Waals surface area contributed by atoms with Crippen molar-refractivity contribution in [3.8, 4) is 0 Å². The summed E-state index contributed by atoms with van der Waals surface area (Å²) in [6.45, 7) is 4.54. The lowest BCUT2D eigenvalue weighted by molar-refractivity contribution is 0.102. The molecule has 0 radical (unpaired) electrons. The Morgan fingerprint density at radius 2 is 2.00 bits per heavy atom. The van der Waals surface area contributed by atoms with Gasteiger partial charge in [-0.15, -0.1) is 10.2 Å². The van der Waals surface area contributed by atoms with Gasteiger partial charge in [0.05, 0.1) is 12.8 Å². The molecule has 2 aromatic heterocycles. The molecule has 0 atom stereocenters. The highest BCUT2D eigenvalue weighted by Crippen LogP contribution is 2.21. The molecule has 0 unspecified atom stereocenters. The van der Waals surface area contributed by atoms with E-state index in [9.17, 15) is 4.79 Å². The summed E-state index contributed by atoms with van der Waals surface area (Å²) in [5.74, 6) is 1.11. The van der Waals surface area contributed by atoms with Crippen molar-refractivity contribution in [2.24, 2.45) is 0 Å². The number of aryl methyl sites for hydroxylation is 2. The molecule has 0 spiro atoms. The highest BCUT2D eigenvalue weighted by Gasteiger charge is 2.12. The van der Waals surface area contributed by atoms with Gasteiger partial charge < -0.3 is 15.1 Å². The molecule has 2 heterocycles. The molecule has 0 fully saturated rings. The molecule has 1 amide bonds. The summed E-state index contributed by atoms with van der Waals surface area (Å²) < 4.78 is 5.24. The number of hydrogen-bond acceptors (Lipinski definition) is 5. The maximum absolute atomic E-state index is 12.4. The molecular formula is C19H20N4O2. The standard InChI is InChI=1S/C19H20N4O2/c1-3-14-7-4-6-13(2)18(14)21-19(24)16-9-10-17(23-22-16)20-12-15-8-5-11-25-15/h4-11H,3,12H2,1-2H3,(H,20,23)(H,21,24). The number of carbonyl (C=O) groups is 1. The van der Waals surface area contributed by atoms with Gasteiger partial charge in [-0.3, -0.25) is 4.79 Å². The van der Waals surface area contributed by atoms with Crippen LogP contribution in [0.1, 0.15) is 34.3 Å². The molecule has 0 aliphatic carbocycles. The van der Waals surface area contributed by atoms with Gasteiger partial charge >= 0.3 is 0 Å². The first kappa shape index (κ1) is 16.7. The van der Waals surface area contributed by atoms with E-state index in [1.54, 1.807) is 18.4 Å². The highest BCUT2D eigenvalue weighted by molar-refractivity contribution is 6.03. The number of para-hydroxylation sites is 1. The van der Waals surface area contributed by atoms with Gasteiger partial charge in [0.2, 0.25) is 0 Å². The molecule has 6 nitrogen and oxygen atoms in total. The predicted molar refractivity (Wildman–Crippen MR) is 96.6 cm³/mol. The van der Waals surface area contributed by atoms with Crippen molar-refractivity contribution in [2.75, 3.05) is 10.6 Å². The lowest BCUT2D eigenvalue weighted by Gasteiger charge is -2.12. The molecule has 25 heavy (non-hydrogen) atoms. The third kappa shape index (κ3) is 4.03. The monoisotopic (exact) mass is 336 g/mol. The largest absolute Gasteiger partial charge is 0.467 e. The number of nitrogens with zero attached hydrogens (tertiary/aromatic N) is 2. The number of aromatic nitrogens is 2. The smallest absolute Gasteiger partial charge is 0.276 e. The summed E-state index contributed by atoms with van der Waals surface area (Å²) in [5, 5.41) is 14.1. The summed E-state index contributed by atoms with van der Waals surface area (Å²) >= 11 is 0. The number of nitrogens with one attached hydrogen (secondary N) is 2. The van der Waals surface area contributed by atoms with Crippen molar-refractivity contribution >= 4 is 17.4 Å². The van der Waals surface area contributed by atoms with Gasteiger partial charge in [0.25, 0.3) is 5.91 Å². The minimum atomic E-state index is -0.269. The van der Waals surface area contributed by atoms with Crippen LogP contribution in [-0.2, 0) is 13.0 Å². The van der Waals surface area contributed by atoms with Gasteiger partial charge in [-0.2, -0.15) is 0 Å². The molecule has 0 saturated carbocycles. The first-order valence-corrected chi connectivity index (χ1v) is 8.17. The van der Waals surface area contributed by atoms with Crippen molar-refractivity contribution in [1.29, 1.82) is 0 Å². The van der Waals surface area contributed by atoms with Crippen LogP contribution in [0.2, 0.25) is 0 Å². The Bertz CT molecular complexity index is 842. The lowest BCUT2D eigenvalue weighted by atomic mass is 10.1. The summed E-state index contributed by atoms with van der Waals surface area (Å²) in [7, 11) is 0. The van der Waals surface area contributed by atoms with E-state index in [2.05, 4.69) is 27.8 Å². The molecule has 1 aromatic carbocycles. The first-order valence-electron chi connectivity index (χ1n) is 8.17. The molecule has 0 aliphatic rings. The first-order chi connectivity index (χ1) is 12.2. The molecule has 0 saturated heterocycles. The Morgan fingerprint density at radius 1 is 1.12 bits per heavy atom. The number of carbonyl (C=O) groups excluding carboxylic acids is 1. The van der Waals surface area contributed by atoms with Crippen LogP contribution in [0.5, 0.6) is 0 Å². The zero-order valence-electron chi connectivity index (χ0n) is 14.2. The fourth-order valence-electron chi connectivity index (χ4n) is 2.52. The van der Waals surface area contributed by atoms with Gasteiger partial charge in [-0.05, 0) is 48.7 Å². The summed E-state index contributed by atoms with van der Waals surface area (Å²) in [6, 6.07) is 13.0. The zero-order valence-corrected chi connectivity index (χ0v) is 14.2. The third-order valence-corrected chi connectivity index (χ3v) is 3.90. The van der Waals surface area contributed by atoms with E-state index in [1.807, 2.05) is 37.3 Å². The van der Waals surface area contributed by atoms with Crippen LogP contribution in [0.3, 0.4) is 0 Å². The fourth-order valence-corrected chi connectivity index (χ4v) is 2.52. The maximum Gasteiger partial charge on any atom is 0.276 e. The second kappa shape index (κ2) is 7.61. The topological polar surface area (TPSA) is 80.0 Å². The average molecular weight is 336 g/mol. The Morgan fingerprint density at radius 3 is 2.68 bits per heavy atom. The second-order valence-corrected chi connectivity index (χ2v) is 5.65. The predicted octanol–water partition coefficient (Wildman–Crippen LogP) is 3.80. The van der Waals surface area contributed by atoms with E-state index >= 15 is 0 Å². The van der Waals surface area contributed by atoms with E-state index < -0.39 is 0 Å². The average Bonchev–Trinajstić information content (AvgIpc) is 3.15. The van der Waals surface area contributed by atoms with E-state index in [1.165, 1.54) is 0 Å². The Kier molecular flexibility index (Phi) is 5.09. The Hall–Kier alpha value is -3.15. The third-order valence-electron chi connectivity index (χ3n) is 3.90. The summed E-state index contributed by atoms with van der Waals surface area (Å²) in [5.41, 5.74) is 3.24. The highest BCUT2D eigenvalue weighted by atomic mass is 16.3. The minimum absolute atomic E-state index is 0.269. The van der Waals surface area contributed by atoms with Crippen LogP contribution in [0, 0.1) is 6.92 Å². The second-order valence-electron chi connectivity index (χ2n) is 5.65. The van der Waals surface area contributed by atoms with Crippen LogP contribution < -0.4 is 10.6 Å². The van der Waals surface area contributed by atoms with Gasteiger partial charge in [0, 0.05) is 5.69 Å². The van der Waals surface area contributed by atoms with Gasteiger partial charge in [-0.1, -0.05) is 25.1 Å². The van der Waals surface area contributed by atoms with Crippen LogP contribution >= 0.6 is 0 Å². The van der Waals surface area contributed by atoms with Gasteiger partial charge in [-0.25, -0.2) is 0 Å². The number of furan rings is 1. The van der Waals surface area contributed by atoms with E-state index in [0.717, 1.165) is 29.0 Å². The van der Waals surface area contributed by atoms with Crippen molar-refractivity contribution in [2.45, 2.75) is 26.8 Å². The van der Waals surface area contributed by atoms with Crippen molar-refractivity contribution in [3.63, 3.8) is 0 Å². The maximum atomic E-state index is 12.4. The Labute approximate surface area is 146 Å².